The lowest BCUT2D eigenvalue weighted by Gasteiger charge is -2.14. The Hall–Kier alpha value is -2.29. The van der Waals surface area contributed by atoms with E-state index in [9.17, 15) is 9.59 Å². The number of rotatable bonds is 6. The van der Waals surface area contributed by atoms with Crippen LogP contribution in [0.2, 0.25) is 0 Å². The highest BCUT2D eigenvalue weighted by atomic mass is 32.1. The number of likely N-dealkylation sites (N-methyl/N-ethyl adjacent to an activating group) is 1. The van der Waals surface area contributed by atoms with Crippen molar-refractivity contribution in [3.05, 3.63) is 41.0 Å². The van der Waals surface area contributed by atoms with Crippen LogP contribution in [0.1, 0.15) is 79.1 Å². The quantitative estimate of drug-likeness (QED) is 0.439. The van der Waals surface area contributed by atoms with Crippen molar-refractivity contribution in [2.45, 2.75) is 80.9 Å². The lowest BCUT2D eigenvalue weighted by molar-refractivity contribution is -0.129. The standard InChI is InChI=1S/C13H14N2OS.C7H14N2O2.C4H10.2C2H6/c1-9(14-7-16)11-3-5-12(6-4-11)13-10(2)15-8-17-13;1-8-4-7(11)9-3-2-6(10)5-9;1-4(2)3;2*1-2/h3-9H,1-2H3,(H,14,16);6,8,10H,2-5H2,1H3;4H,1-3H3;2*1-2H3. The van der Waals surface area contributed by atoms with Crippen molar-refractivity contribution in [2.75, 3.05) is 26.7 Å². The molecule has 1 aliphatic rings. The summed E-state index contributed by atoms with van der Waals surface area (Å²) < 4.78 is 0. The SMILES string of the molecule is CC.CC.CC(C)C.CNCC(=O)N1CCC(O)C1.Cc1ncsc1-c1ccc(C(C)NC=O)cc1. The molecule has 3 rings (SSSR count). The summed E-state index contributed by atoms with van der Waals surface area (Å²) in [6, 6.07) is 8.26. The number of aliphatic hydroxyl groups excluding tert-OH is 1. The summed E-state index contributed by atoms with van der Waals surface area (Å²) in [5, 5.41) is 14.6. The highest BCUT2D eigenvalue weighted by Gasteiger charge is 2.23. The Labute approximate surface area is 223 Å². The van der Waals surface area contributed by atoms with Crippen LogP contribution in [0.3, 0.4) is 0 Å². The minimum atomic E-state index is -0.309. The van der Waals surface area contributed by atoms with Gasteiger partial charge in [-0.25, -0.2) is 4.98 Å². The smallest absolute Gasteiger partial charge is 0.236 e. The van der Waals surface area contributed by atoms with Crippen molar-refractivity contribution in [1.82, 2.24) is 20.5 Å². The molecule has 1 fully saturated rings. The molecule has 0 saturated carbocycles. The minimum Gasteiger partial charge on any atom is -0.391 e. The minimum absolute atomic E-state index is 0.0455. The van der Waals surface area contributed by atoms with E-state index in [1.807, 2.05) is 59.2 Å². The summed E-state index contributed by atoms with van der Waals surface area (Å²) in [5.41, 5.74) is 5.19. The summed E-state index contributed by atoms with van der Waals surface area (Å²) >= 11 is 1.64. The van der Waals surface area contributed by atoms with Crippen molar-refractivity contribution >= 4 is 23.7 Å². The molecular formula is C28H50N4O3S. The van der Waals surface area contributed by atoms with Crippen molar-refractivity contribution in [2.24, 2.45) is 5.92 Å². The monoisotopic (exact) mass is 522 g/mol. The Balaban J connectivity index is 0. The van der Waals surface area contributed by atoms with Gasteiger partial charge in [0.15, 0.2) is 0 Å². The zero-order valence-corrected chi connectivity index (χ0v) is 24.9. The van der Waals surface area contributed by atoms with Crippen molar-refractivity contribution in [3.8, 4) is 10.4 Å². The number of amides is 2. The first kappa shape index (κ1) is 35.9. The molecule has 8 heteroatoms. The second-order valence-corrected chi connectivity index (χ2v) is 9.29. The molecule has 3 N–H and O–H groups in total. The first-order valence-corrected chi connectivity index (χ1v) is 13.9. The number of hydrogen-bond acceptors (Lipinski definition) is 6. The van der Waals surface area contributed by atoms with Gasteiger partial charge in [0.05, 0.1) is 34.8 Å². The molecule has 2 heterocycles. The second-order valence-electron chi connectivity index (χ2n) is 8.44. The molecule has 1 aromatic carbocycles. The maximum absolute atomic E-state index is 11.1. The fourth-order valence-corrected chi connectivity index (χ4v) is 3.74. The van der Waals surface area contributed by atoms with Gasteiger partial charge in [-0.2, -0.15) is 0 Å². The van der Waals surface area contributed by atoms with Crippen LogP contribution >= 0.6 is 11.3 Å². The van der Waals surface area contributed by atoms with Crippen LogP contribution in [-0.4, -0.2) is 60.1 Å². The third-order valence-corrected chi connectivity index (χ3v) is 5.56. The van der Waals surface area contributed by atoms with Gasteiger partial charge in [-0.15, -0.1) is 11.3 Å². The van der Waals surface area contributed by atoms with E-state index in [4.69, 9.17) is 5.11 Å². The molecule has 7 nitrogen and oxygen atoms in total. The van der Waals surface area contributed by atoms with Gasteiger partial charge in [0, 0.05) is 13.1 Å². The Morgan fingerprint density at radius 2 is 1.72 bits per heavy atom. The predicted molar refractivity (Wildman–Crippen MR) is 154 cm³/mol. The average Bonchev–Trinajstić information content (AvgIpc) is 3.50. The molecule has 0 aliphatic carbocycles. The number of thiazole rings is 1. The number of nitrogens with one attached hydrogen (secondary N) is 2. The van der Waals surface area contributed by atoms with Gasteiger partial charge in [-0.1, -0.05) is 72.7 Å². The van der Waals surface area contributed by atoms with Gasteiger partial charge in [-0.3, -0.25) is 9.59 Å². The van der Waals surface area contributed by atoms with Crippen LogP contribution in [0.4, 0.5) is 0 Å². The number of carbonyl (C=O) groups is 2. The fourth-order valence-electron chi connectivity index (χ4n) is 2.93. The number of aromatic nitrogens is 1. The van der Waals surface area contributed by atoms with E-state index >= 15 is 0 Å². The van der Waals surface area contributed by atoms with Crippen LogP contribution in [-0.2, 0) is 9.59 Å². The van der Waals surface area contributed by atoms with E-state index in [-0.39, 0.29) is 18.1 Å². The summed E-state index contributed by atoms with van der Waals surface area (Å²) in [6.07, 6.45) is 1.14. The normalized spacial score (nSPS) is 14.4. The number of carbonyl (C=O) groups excluding carboxylic acids is 2. The highest BCUT2D eigenvalue weighted by molar-refractivity contribution is 7.13. The number of aliphatic hydroxyl groups is 1. The molecule has 2 amide bonds. The number of aryl methyl sites for hydroxylation is 1. The van der Waals surface area contributed by atoms with Crippen molar-refractivity contribution < 1.29 is 14.7 Å². The zero-order valence-electron chi connectivity index (χ0n) is 24.1. The van der Waals surface area contributed by atoms with E-state index in [1.54, 1.807) is 23.3 Å². The van der Waals surface area contributed by atoms with Gasteiger partial charge < -0.3 is 20.6 Å². The topological polar surface area (TPSA) is 94.6 Å². The molecule has 1 aliphatic heterocycles. The Kier molecular flexibility index (Phi) is 21.9. The van der Waals surface area contributed by atoms with Crippen LogP contribution in [0, 0.1) is 12.8 Å². The van der Waals surface area contributed by atoms with E-state index in [0.29, 0.717) is 19.6 Å². The third kappa shape index (κ3) is 15.0. The van der Waals surface area contributed by atoms with Crippen LogP contribution in [0.5, 0.6) is 0 Å². The molecule has 206 valence electrons. The summed E-state index contributed by atoms with van der Waals surface area (Å²) in [7, 11) is 1.74. The van der Waals surface area contributed by atoms with E-state index in [2.05, 4.69) is 48.5 Å². The molecule has 1 saturated heterocycles. The van der Waals surface area contributed by atoms with Gasteiger partial charge in [0.2, 0.25) is 12.3 Å². The lowest BCUT2D eigenvalue weighted by atomic mass is 10.1. The van der Waals surface area contributed by atoms with Crippen molar-refractivity contribution in [3.63, 3.8) is 0 Å². The molecule has 2 unspecified atom stereocenters. The largest absolute Gasteiger partial charge is 0.391 e. The van der Waals surface area contributed by atoms with Crippen LogP contribution < -0.4 is 10.6 Å². The van der Waals surface area contributed by atoms with E-state index < -0.39 is 0 Å². The number of hydrogen-bond donors (Lipinski definition) is 3. The maximum Gasteiger partial charge on any atom is 0.236 e. The molecule has 2 atom stereocenters. The van der Waals surface area contributed by atoms with Crippen LogP contribution in [0.15, 0.2) is 29.8 Å². The first-order chi connectivity index (χ1) is 17.2. The lowest BCUT2D eigenvalue weighted by Crippen LogP contribution is -2.35. The molecule has 2 aromatic rings. The molecule has 36 heavy (non-hydrogen) atoms. The number of nitrogens with zero attached hydrogens (tertiary/aromatic N) is 2. The average molecular weight is 523 g/mol. The zero-order chi connectivity index (χ0) is 28.1. The highest BCUT2D eigenvalue weighted by Crippen LogP contribution is 2.28. The number of benzene rings is 1. The predicted octanol–water partition coefficient (Wildman–Crippen LogP) is 5.44. The fraction of sp³-hybridized carbons (Fsp3) is 0.607. The summed E-state index contributed by atoms with van der Waals surface area (Å²) in [4.78, 5) is 28.6. The van der Waals surface area contributed by atoms with Crippen LogP contribution in [0.25, 0.3) is 10.4 Å². The van der Waals surface area contributed by atoms with Gasteiger partial charge in [0.25, 0.3) is 0 Å². The van der Waals surface area contributed by atoms with Gasteiger partial charge in [0.1, 0.15) is 0 Å². The molecule has 0 bridgehead atoms. The van der Waals surface area contributed by atoms with E-state index in [0.717, 1.165) is 30.0 Å². The first-order valence-electron chi connectivity index (χ1n) is 13.0. The van der Waals surface area contributed by atoms with Crippen molar-refractivity contribution in [1.29, 1.82) is 0 Å². The number of β-amino-alcohol motifs (C(OH)–C–C–N with tert-alkyl or cyclic N) is 1. The van der Waals surface area contributed by atoms with Gasteiger partial charge in [-0.05, 0) is 44.4 Å². The number of likely N-dealkylation sites (tertiary alicyclic amines) is 1. The molecule has 1 aromatic heterocycles. The second kappa shape index (κ2) is 21.9. The Morgan fingerprint density at radius 1 is 1.17 bits per heavy atom. The Bertz CT molecular complexity index is 807. The molecule has 0 spiro atoms. The summed E-state index contributed by atoms with van der Waals surface area (Å²) in [5.74, 6) is 0.907. The summed E-state index contributed by atoms with van der Waals surface area (Å²) in [6.45, 7) is 20.0. The van der Waals surface area contributed by atoms with Gasteiger partial charge >= 0.3 is 0 Å². The van der Waals surface area contributed by atoms with E-state index in [1.165, 1.54) is 10.4 Å². The molecular weight excluding hydrogens is 472 g/mol. The molecule has 0 radical (unpaired) electrons. The maximum atomic E-state index is 11.1. The third-order valence-electron chi connectivity index (χ3n) is 4.58. The Morgan fingerprint density at radius 3 is 2.11 bits per heavy atom.